The van der Waals surface area contributed by atoms with Crippen molar-refractivity contribution in [2.24, 2.45) is 0 Å². The van der Waals surface area contributed by atoms with Crippen LogP contribution in [0.25, 0.3) is 0 Å². The van der Waals surface area contributed by atoms with E-state index >= 15 is 0 Å². The number of ether oxygens (including phenoxy) is 2. The summed E-state index contributed by atoms with van der Waals surface area (Å²) >= 11 is 12.2. The molecule has 10 nitrogen and oxygen atoms in total. The molecule has 1 spiro atoms. The fraction of sp³-hybridized carbons (Fsp3) is 0.344. The van der Waals surface area contributed by atoms with E-state index in [2.05, 4.69) is 15.5 Å². The molecule has 0 saturated carbocycles. The van der Waals surface area contributed by atoms with Crippen LogP contribution in [-0.2, 0) is 16.0 Å². The SMILES string of the molecule is COc1ccc(NC(=O)N2CCC3(CC2)C(=O)N(CC(=O)NCCc2ccc(Cl)cc2Cl)CN3c2ccccc2)c(OC)c1. The van der Waals surface area contributed by atoms with Crippen molar-refractivity contribution >= 4 is 52.4 Å². The topological polar surface area (TPSA) is 103 Å². The lowest BCUT2D eigenvalue weighted by Crippen LogP contribution is -2.58. The van der Waals surface area contributed by atoms with Gasteiger partial charge in [-0.15, -0.1) is 0 Å². The normalized spacial score (nSPS) is 15.8. The summed E-state index contributed by atoms with van der Waals surface area (Å²) in [5.41, 5.74) is 1.43. The summed E-state index contributed by atoms with van der Waals surface area (Å²) in [6, 6.07) is 19.9. The molecule has 5 rings (SSSR count). The molecule has 3 aromatic carbocycles. The summed E-state index contributed by atoms with van der Waals surface area (Å²) in [6.07, 6.45) is 1.37. The lowest BCUT2D eigenvalue weighted by atomic mass is 9.85. The maximum absolute atomic E-state index is 14.0. The predicted octanol–water partition coefficient (Wildman–Crippen LogP) is 5.04. The number of nitrogens with zero attached hydrogens (tertiary/aromatic N) is 3. The molecule has 2 N–H and O–H groups in total. The first kappa shape index (κ1) is 31.3. The number of carbonyl (C=O) groups excluding carboxylic acids is 3. The monoisotopic (exact) mass is 639 g/mol. The minimum atomic E-state index is -0.868. The maximum atomic E-state index is 14.0. The molecular weight excluding hydrogens is 605 g/mol. The number of urea groups is 1. The number of nitrogens with one attached hydrogen (secondary N) is 2. The van der Waals surface area contributed by atoms with Crippen LogP contribution in [0.4, 0.5) is 16.2 Å². The number of hydrogen-bond acceptors (Lipinski definition) is 6. The van der Waals surface area contributed by atoms with Crippen LogP contribution in [0.2, 0.25) is 10.0 Å². The first-order valence-corrected chi connectivity index (χ1v) is 15.1. The summed E-state index contributed by atoms with van der Waals surface area (Å²) in [4.78, 5) is 45.5. The number of amides is 4. The van der Waals surface area contributed by atoms with Gasteiger partial charge in [0.2, 0.25) is 5.91 Å². The molecule has 2 saturated heterocycles. The van der Waals surface area contributed by atoms with Crippen LogP contribution in [-0.4, -0.2) is 80.3 Å². The summed E-state index contributed by atoms with van der Waals surface area (Å²) in [5.74, 6) is 0.732. The maximum Gasteiger partial charge on any atom is 0.321 e. The van der Waals surface area contributed by atoms with Crippen LogP contribution >= 0.6 is 23.2 Å². The Hall–Kier alpha value is -4.15. The highest BCUT2D eigenvalue weighted by Gasteiger charge is 2.54. The Labute approximate surface area is 266 Å². The van der Waals surface area contributed by atoms with Crippen LogP contribution < -0.4 is 25.0 Å². The molecule has 2 heterocycles. The van der Waals surface area contributed by atoms with Gasteiger partial charge in [0.15, 0.2) is 0 Å². The number of benzene rings is 3. The van der Waals surface area contributed by atoms with E-state index in [-0.39, 0.29) is 31.1 Å². The standard InChI is InChI=1S/C32H35Cl2N5O5/c1-43-25-10-11-27(28(19-25)44-2)36-31(42)37-16-13-32(14-17-37)30(41)38(21-39(32)24-6-4-3-5-7-24)20-29(40)35-15-12-22-8-9-23(33)18-26(22)34/h3-11,18-19H,12-17,20-21H2,1-2H3,(H,35,40)(H,36,42). The van der Waals surface area contributed by atoms with Crippen molar-refractivity contribution in [3.63, 3.8) is 0 Å². The fourth-order valence-electron chi connectivity index (χ4n) is 5.79. The zero-order valence-corrected chi connectivity index (χ0v) is 26.2. The van der Waals surface area contributed by atoms with E-state index in [9.17, 15) is 14.4 Å². The van der Waals surface area contributed by atoms with Crippen LogP contribution in [0, 0.1) is 0 Å². The zero-order chi connectivity index (χ0) is 31.3. The number of piperidine rings is 1. The first-order valence-electron chi connectivity index (χ1n) is 14.3. The van der Waals surface area contributed by atoms with Gasteiger partial charge >= 0.3 is 6.03 Å². The second-order valence-corrected chi connectivity index (χ2v) is 11.6. The lowest BCUT2D eigenvalue weighted by molar-refractivity contribution is -0.137. The summed E-state index contributed by atoms with van der Waals surface area (Å²) in [5, 5.41) is 6.92. The number of hydrogen-bond donors (Lipinski definition) is 2. The molecule has 2 aliphatic heterocycles. The molecule has 2 aliphatic rings. The summed E-state index contributed by atoms with van der Waals surface area (Å²) < 4.78 is 10.7. The van der Waals surface area contributed by atoms with Gasteiger partial charge in [-0.25, -0.2) is 4.79 Å². The Morgan fingerprint density at radius 3 is 2.39 bits per heavy atom. The Balaban J connectivity index is 1.24. The molecule has 0 unspecified atom stereocenters. The van der Waals surface area contributed by atoms with Crippen molar-refractivity contribution in [1.82, 2.24) is 15.1 Å². The van der Waals surface area contributed by atoms with Crippen molar-refractivity contribution in [1.29, 1.82) is 0 Å². The van der Waals surface area contributed by atoms with Crippen molar-refractivity contribution in [2.75, 3.05) is 57.3 Å². The van der Waals surface area contributed by atoms with Gasteiger partial charge in [-0.1, -0.05) is 47.5 Å². The van der Waals surface area contributed by atoms with Crippen molar-refractivity contribution in [3.05, 3.63) is 82.3 Å². The highest BCUT2D eigenvalue weighted by atomic mass is 35.5. The van der Waals surface area contributed by atoms with Crippen LogP contribution in [0.5, 0.6) is 11.5 Å². The highest BCUT2D eigenvalue weighted by molar-refractivity contribution is 6.35. The van der Waals surface area contributed by atoms with Gasteiger partial charge in [0, 0.05) is 41.4 Å². The summed E-state index contributed by atoms with van der Waals surface area (Å²) in [7, 11) is 3.09. The Morgan fingerprint density at radius 2 is 1.70 bits per heavy atom. The van der Waals surface area contributed by atoms with Gasteiger partial charge in [0.25, 0.3) is 5.91 Å². The zero-order valence-electron chi connectivity index (χ0n) is 24.6. The minimum Gasteiger partial charge on any atom is -0.497 e. The molecule has 2 fully saturated rings. The minimum absolute atomic E-state index is 0.0697. The van der Waals surface area contributed by atoms with Gasteiger partial charge in [-0.3, -0.25) is 9.59 Å². The van der Waals surface area contributed by atoms with E-state index < -0.39 is 5.54 Å². The number of carbonyl (C=O) groups is 3. The van der Waals surface area contributed by atoms with Crippen molar-refractivity contribution < 1.29 is 23.9 Å². The molecule has 0 aromatic heterocycles. The number of halogens is 2. The quantitative estimate of drug-likeness (QED) is 0.340. The third-order valence-corrected chi connectivity index (χ3v) is 8.76. The average molecular weight is 641 g/mol. The van der Waals surface area contributed by atoms with Gasteiger partial charge in [0.05, 0.1) is 26.6 Å². The largest absolute Gasteiger partial charge is 0.497 e. The van der Waals surface area contributed by atoms with Gasteiger partial charge in [-0.05, 0) is 61.2 Å². The van der Waals surface area contributed by atoms with Crippen molar-refractivity contribution in [2.45, 2.75) is 24.8 Å². The number of rotatable bonds is 9. The number of anilines is 2. The smallest absolute Gasteiger partial charge is 0.321 e. The summed E-state index contributed by atoms with van der Waals surface area (Å²) in [6.45, 7) is 1.30. The molecule has 232 valence electrons. The van der Waals surface area contributed by atoms with E-state index in [1.807, 2.05) is 36.4 Å². The predicted molar refractivity (Wildman–Crippen MR) is 171 cm³/mol. The van der Waals surface area contributed by atoms with E-state index in [0.717, 1.165) is 11.3 Å². The van der Waals surface area contributed by atoms with Gasteiger partial charge in [-0.2, -0.15) is 0 Å². The highest BCUT2D eigenvalue weighted by Crippen LogP contribution is 2.40. The Kier molecular flexibility index (Phi) is 9.71. The van der Waals surface area contributed by atoms with Crippen LogP contribution in [0.3, 0.4) is 0 Å². The second-order valence-electron chi connectivity index (χ2n) is 10.8. The first-order chi connectivity index (χ1) is 21.2. The molecule has 0 aliphatic carbocycles. The third kappa shape index (κ3) is 6.66. The molecule has 3 aromatic rings. The van der Waals surface area contributed by atoms with Crippen LogP contribution in [0.15, 0.2) is 66.7 Å². The van der Waals surface area contributed by atoms with E-state index in [4.69, 9.17) is 32.7 Å². The fourth-order valence-corrected chi connectivity index (χ4v) is 6.29. The van der Waals surface area contributed by atoms with E-state index in [0.29, 0.717) is 66.1 Å². The molecule has 4 amide bonds. The third-order valence-electron chi connectivity index (χ3n) is 8.18. The molecular formula is C32H35Cl2N5O5. The number of likely N-dealkylation sites (tertiary alicyclic amines) is 1. The molecule has 0 radical (unpaired) electrons. The van der Waals surface area contributed by atoms with E-state index in [1.165, 1.54) is 7.11 Å². The van der Waals surface area contributed by atoms with Crippen molar-refractivity contribution in [3.8, 4) is 11.5 Å². The Morgan fingerprint density at radius 1 is 0.955 bits per heavy atom. The molecule has 0 bridgehead atoms. The Bertz CT molecular complexity index is 1510. The number of methoxy groups -OCH3 is 2. The van der Waals surface area contributed by atoms with E-state index in [1.54, 1.807) is 47.2 Å². The molecule has 0 atom stereocenters. The lowest BCUT2D eigenvalue weighted by Gasteiger charge is -2.43. The average Bonchev–Trinajstić information content (AvgIpc) is 3.29. The van der Waals surface area contributed by atoms with Gasteiger partial charge in [0.1, 0.15) is 23.6 Å². The molecule has 44 heavy (non-hydrogen) atoms. The van der Waals surface area contributed by atoms with Crippen LogP contribution in [0.1, 0.15) is 18.4 Å². The second kappa shape index (κ2) is 13.7. The molecule has 12 heteroatoms. The van der Waals surface area contributed by atoms with Gasteiger partial charge < -0.3 is 34.8 Å². The number of para-hydroxylation sites is 1.